The fourth-order valence-electron chi connectivity index (χ4n) is 3.22. The van der Waals surface area contributed by atoms with E-state index in [9.17, 15) is 22.8 Å². The Bertz CT molecular complexity index is 1350. The Kier molecular flexibility index (Phi) is 6.10. The van der Waals surface area contributed by atoms with Gasteiger partial charge in [-0.05, 0) is 48.5 Å². The van der Waals surface area contributed by atoms with Gasteiger partial charge in [-0.25, -0.2) is 0 Å². The normalized spacial score (nSPS) is 11.4. The van der Waals surface area contributed by atoms with Crippen LogP contribution in [0.2, 0.25) is 0 Å². The molecule has 1 heterocycles. The number of nitrogens with zero attached hydrogens (tertiary/aromatic N) is 1. The summed E-state index contributed by atoms with van der Waals surface area (Å²) in [6, 6.07) is 17.0. The van der Waals surface area contributed by atoms with E-state index in [2.05, 4.69) is 20.8 Å². The molecule has 10 heteroatoms. The van der Waals surface area contributed by atoms with Crippen LogP contribution in [0.25, 0.3) is 10.9 Å². The first-order chi connectivity index (χ1) is 15.7. The van der Waals surface area contributed by atoms with Gasteiger partial charge in [0.25, 0.3) is 5.91 Å². The second-order valence-corrected chi connectivity index (χ2v) is 8.24. The van der Waals surface area contributed by atoms with Crippen molar-refractivity contribution in [1.82, 2.24) is 10.2 Å². The molecule has 3 N–H and O–H groups in total. The Labute approximate surface area is 190 Å². The number of aromatic nitrogens is 2. The Hall–Kier alpha value is -3.79. The third-order valence-electron chi connectivity index (χ3n) is 4.63. The van der Waals surface area contributed by atoms with Gasteiger partial charge >= 0.3 is 6.18 Å². The van der Waals surface area contributed by atoms with Gasteiger partial charge in [0, 0.05) is 27.8 Å². The molecule has 1 aromatic heterocycles. The van der Waals surface area contributed by atoms with E-state index < -0.39 is 23.2 Å². The summed E-state index contributed by atoms with van der Waals surface area (Å²) in [6.45, 7) is 1.40. The predicted molar refractivity (Wildman–Crippen MR) is 120 cm³/mol. The van der Waals surface area contributed by atoms with Crippen molar-refractivity contribution in [3.05, 3.63) is 77.9 Å². The number of rotatable bonds is 5. The van der Waals surface area contributed by atoms with Gasteiger partial charge in [-0.3, -0.25) is 14.7 Å². The molecule has 0 aliphatic rings. The third-order valence-corrected chi connectivity index (χ3v) is 5.61. The van der Waals surface area contributed by atoms with Gasteiger partial charge in [0.15, 0.2) is 5.82 Å². The number of hydrogen-bond acceptors (Lipinski definition) is 4. The molecule has 33 heavy (non-hydrogen) atoms. The fourth-order valence-corrected chi connectivity index (χ4v) is 4.14. The van der Waals surface area contributed by atoms with Gasteiger partial charge in [-0.15, -0.1) is 0 Å². The quantitative estimate of drug-likeness (QED) is 0.337. The highest BCUT2D eigenvalue weighted by atomic mass is 32.2. The topological polar surface area (TPSA) is 86.9 Å². The van der Waals surface area contributed by atoms with E-state index in [0.717, 1.165) is 32.8 Å². The molecule has 4 aromatic rings. The highest BCUT2D eigenvalue weighted by Crippen LogP contribution is 2.34. The maximum atomic E-state index is 13.2. The van der Waals surface area contributed by atoms with Crippen molar-refractivity contribution in [1.29, 1.82) is 0 Å². The molecule has 0 saturated carbocycles. The van der Waals surface area contributed by atoms with Crippen LogP contribution < -0.4 is 10.6 Å². The third kappa shape index (κ3) is 5.17. The number of halogens is 3. The summed E-state index contributed by atoms with van der Waals surface area (Å²) in [5, 5.41) is 12.9. The minimum Gasteiger partial charge on any atom is -0.322 e. The Morgan fingerprint density at radius 3 is 2.45 bits per heavy atom. The van der Waals surface area contributed by atoms with Gasteiger partial charge in [0.1, 0.15) is 0 Å². The molecule has 0 spiro atoms. The van der Waals surface area contributed by atoms with E-state index in [1.54, 1.807) is 18.2 Å². The first-order valence-corrected chi connectivity index (χ1v) is 10.5. The highest BCUT2D eigenvalue weighted by Gasteiger charge is 2.34. The van der Waals surface area contributed by atoms with Crippen molar-refractivity contribution in [3.63, 3.8) is 0 Å². The van der Waals surface area contributed by atoms with Gasteiger partial charge in [-0.1, -0.05) is 30.0 Å². The minimum atomic E-state index is -4.63. The van der Waals surface area contributed by atoms with Crippen LogP contribution >= 0.6 is 11.8 Å². The molecule has 0 fully saturated rings. The van der Waals surface area contributed by atoms with Crippen LogP contribution in [-0.2, 0) is 11.0 Å². The lowest BCUT2D eigenvalue weighted by atomic mass is 10.1. The number of carbonyl (C=O) groups excluding carboxylic acids is 2. The molecule has 4 rings (SSSR count). The number of benzene rings is 3. The summed E-state index contributed by atoms with van der Waals surface area (Å²) in [5.41, 5.74) is -0.322. The number of anilines is 2. The molecule has 0 bridgehead atoms. The molecule has 0 atom stereocenters. The number of fused-ring (bicyclic) bond motifs is 1. The number of carbonyl (C=O) groups is 2. The average Bonchev–Trinajstić information content (AvgIpc) is 3.14. The predicted octanol–water partition coefficient (Wildman–Crippen LogP) is 5.94. The zero-order chi connectivity index (χ0) is 23.6. The van der Waals surface area contributed by atoms with Crippen LogP contribution in [0.1, 0.15) is 22.8 Å². The molecular weight excluding hydrogens is 453 g/mol. The minimum absolute atomic E-state index is 0.224. The largest absolute Gasteiger partial charge is 0.417 e. The second-order valence-electron chi connectivity index (χ2n) is 7.09. The van der Waals surface area contributed by atoms with E-state index in [1.807, 2.05) is 24.3 Å². The second kappa shape index (κ2) is 8.99. The van der Waals surface area contributed by atoms with Crippen molar-refractivity contribution in [2.45, 2.75) is 22.9 Å². The zero-order valence-electron chi connectivity index (χ0n) is 17.2. The van der Waals surface area contributed by atoms with Crippen LogP contribution in [0.3, 0.4) is 0 Å². The lowest BCUT2D eigenvalue weighted by molar-refractivity contribution is -0.137. The van der Waals surface area contributed by atoms with E-state index in [-0.39, 0.29) is 5.91 Å². The van der Waals surface area contributed by atoms with Crippen LogP contribution in [-0.4, -0.2) is 22.0 Å². The SMILES string of the molecule is CC(=O)Nc1n[nH]c2cc(Sc3cccc(NC(=O)c4ccccc4C(F)(F)F)c3)ccc12. The first-order valence-electron chi connectivity index (χ1n) is 9.72. The number of nitrogens with one attached hydrogen (secondary N) is 3. The molecule has 0 aliphatic carbocycles. The van der Waals surface area contributed by atoms with Crippen LogP contribution in [0.15, 0.2) is 76.5 Å². The number of hydrogen-bond donors (Lipinski definition) is 3. The van der Waals surface area contributed by atoms with E-state index in [1.165, 1.54) is 30.8 Å². The number of aromatic amines is 1. The summed E-state index contributed by atoms with van der Waals surface area (Å²) in [5.74, 6) is -0.620. The van der Waals surface area contributed by atoms with E-state index >= 15 is 0 Å². The smallest absolute Gasteiger partial charge is 0.322 e. The van der Waals surface area contributed by atoms with Crippen molar-refractivity contribution < 1.29 is 22.8 Å². The summed E-state index contributed by atoms with van der Waals surface area (Å²) in [4.78, 5) is 25.4. The van der Waals surface area contributed by atoms with Crippen LogP contribution in [0.4, 0.5) is 24.7 Å². The van der Waals surface area contributed by atoms with Gasteiger partial charge in [0.05, 0.1) is 16.6 Å². The van der Waals surface area contributed by atoms with E-state index in [4.69, 9.17) is 0 Å². The maximum Gasteiger partial charge on any atom is 0.417 e. The lowest BCUT2D eigenvalue weighted by Gasteiger charge is -2.13. The monoisotopic (exact) mass is 470 g/mol. The number of H-pyrrole nitrogens is 1. The molecule has 0 radical (unpaired) electrons. The molecule has 0 unspecified atom stereocenters. The summed E-state index contributed by atoms with van der Waals surface area (Å²) in [7, 11) is 0. The van der Waals surface area contributed by atoms with Crippen molar-refractivity contribution in [3.8, 4) is 0 Å². The molecule has 6 nitrogen and oxygen atoms in total. The highest BCUT2D eigenvalue weighted by molar-refractivity contribution is 7.99. The molecule has 0 saturated heterocycles. The lowest BCUT2D eigenvalue weighted by Crippen LogP contribution is -2.18. The maximum absolute atomic E-state index is 13.2. The standard InChI is InChI=1S/C23H17F3N4O2S/c1-13(31)27-21-18-10-9-16(12-20(18)29-30-21)33-15-6-4-5-14(11-15)28-22(32)17-7-2-3-8-19(17)23(24,25)26/h2-12H,1H3,(H,28,32)(H2,27,29,30,31). The molecular formula is C23H17F3N4O2S. The number of alkyl halides is 3. The summed E-state index contributed by atoms with van der Waals surface area (Å²) in [6.07, 6.45) is -4.63. The Morgan fingerprint density at radius 1 is 0.939 bits per heavy atom. The summed E-state index contributed by atoms with van der Waals surface area (Å²) < 4.78 is 39.7. The first kappa shape index (κ1) is 22.4. The van der Waals surface area contributed by atoms with Crippen molar-refractivity contribution in [2.75, 3.05) is 10.6 Å². The van der Waals surface area contributed by atoms with Gasteiger partial charge in [0.2, 0.25) is 5.91 Å². The molecule has 0 aliphatic heterocycles. The van der Waals surface area contributed by atoms with Crippen LogP contribution in [0.5, 0.6) is 0 Å². The van der Waals surface area contributed by atoms with Crippen molar-refractivity contribution in [2.24, 2.45) is 0 Å². The molecule has 2 amide bonds. The van der Waals surface area contributed by atoms with E-state index in [0.29, 0.717) is 11.5 Å². The van der Waals surface area contributed by atoms with Gasteiger partial charge < -0.3 is 10.6 Å². The Balaban J connectivity index is 1.52. The van der Waals surface area contributed by atoms with Crippen molar-refractivity contribution >= 4 is 46.0 Å². The summed E-state index contributed by atoms with van der Waals surface area (Å²) >= 11 is 1.40. The van der Waals surface area contributed by atoms with Crippen LogP contribution in [0, 0.1) is 0 Å². The Morgan fingerprint density at radius 2 is 1.70 bits per heavy atom. The van der Waals surface area contributed by atoms with Gasteiger partial charge in [-0.2, -0.15) is 18.3 Å². The fraction of sp³-hybridized carbons (Fsp3) is 0.0870. The average molecular weight is 470 g/mol. The molecule has 168 valence electrons. The zero-order valence-corrected chi connectivity index (χ0v) is 18.0. The molecule has 3 aromatic carbocycles. The number of amides is 2.